The Hall–Kier alpha value is -1.66. The van der Waals surface area contributed by atoms with Gasteiger partial charge in [0.15, 0.2) is 0 Å². The third-order valence-corrected chi connectivity index (χ3v) is 12.7. The minimum absolute atomic E-state index is 0.00621. The number of rotatable bonds is 51. The minimum Gasteiger partial charge on any atom is -0.466 e. The highest BCUT2D eigenvalue weighted by molar-refractivity contribution is 5.76. The number of hydrogen-bond donors (Lipinski definition) is 3. The third kappa shape index (κ3) is 47.8. The van der Waals surface area contributed by atoms with Crippen LogP contribution in [0, 0.1) is 0 Å². The van der Waals surface area contributed by atoms with Crippen LogP contribution in [0.4, 0.5) is 0 Å². The van der Waals surface area contributed by atoms with Crippen LogP contribution in [0.15, 0.2) is 24.3 Å². The van der Waals surface area contributed by atoms with Gasteiger partial charge >= 0.3 is 5.97 Å². The molecule has 366 valence electrons. The van der Waals surface area contributed by atoms with E-state index in [4.69, 9.17) is 4.74 Å². The zero-order chi connectivity index (χ0) is 45.1. The Kier molecular flexibility index (Phi) is 50.6. The lowest BCUT2D eigenvalue weighted by Gasteiger charge is -2.22. The third-order valence-electron chi connectivity index (χ3n) is 12.7. The number of hydrogen-bond acceptors (Lipinski definition) is 5. The van der Waals surface area contributed by atoms with Gasteiger partial charge in [-0.1, -0.05) is 231 Å². The van der Waals surface area contributed by atoms with Crippen LogP contribution >= 0.6 is 0 Å². The predicted molar refractivity (Wildman–Crippen MR) is 269 cm³/mol. The number of aliphatic hydroxyl groups excluding tert-OH is 2. The molecule has 0 aliphatic rings. The maximum absolute atomic E-state index is 12.4. The van der Waals surface area contributed by atoms with Gasteiger partial charge in [0.2, 0.25) is 5.91 Å². The first kappa shape index (κ1) is 60.3. The van der Waals surface area contributed by atoms with Crippen molar-refractivity contribution in [3.63, 3.8) is 0 Å². The Morgan fingerprint density at radius 3 is 1.15 bits per heavy atom. The normalized spacial score (nSPS) is 12.8. The van der Waals surface area contributed by atoms with E-state index in [2.05, 4.69) is 43.5 Å². The van der Waals surface area contributed by atoms with Crippen LogP contribution in [0.1, 0.15) is 296 Å². The molecule has 0 spiro atoms. The number of carbonyl (C=O) groups is 2. The number of aliphatic hydroxyl groups is 2. The number of nitrogens with one attached hydrogen (secondary N) is 1. The quantitative estimate of drug-likeness (QED) is 0.0321. The van der Waals surface area contributed by atoms with Crippen molar-refractivity contribution in [1.82, 2.24) is 5.32 Å². The molecule has 0 bridgehead atoms. The summed E-state index contributed by atoms with van der Waals surface area (Å²) in [7, 11) is 0. The topological polar surface area (TPSA) is 95.9 Å². The summed E-state index contributed by atoms with van der Waals surface area (Å²) < 4.78 is 5.47. The summed E-state index contributed by atoms with van der Waals surface area (Å²) in [5, 5.41) is 23.2. The van der Waals surface area contributed by atoms with E-state index in [1.807, 2.05) is 0 Å². The van der Waals surface area contributed by atoms with Crippen molar-refractivity contribution in [2.24, 2.45) is 0 Å². The van der Waals surface area contributed by atoms with E-state index in [0.717, 1.165) is 64.2 Å². The van der Waals surface area contributed by atoms with Crippen LogP contribution < -0.4 is 5.32 Å². The molecule has 3 N–H and O–H groups in total. The minimum atomic E-state index is -0.673. The van der Waals surface area contributed by atoms with Gasteiger partial charge in [-0.15, -0.1) is 0 Å². The maximum atomic E-state index is 12.4. The molecule has 0 aromatic rings. The Morgan fingerprint density at radius 2 is 0.758 bits per heavy atom. The lowest BCUT2D eigenvalue weighted by Crippen LogP contribution is -2.45. The number of amides is 1. The smallest absolute Gasteiger partial charge is 0.305 e. The average Bonchev–Trinajstić information content (AvgIpc) is 3.27. The van der Waals surface area contributed by atoms with E-state index < -0.39 is 12.1 Å². The van der Waals surface area contributed by atoms with Gasteiger partial charge in [-0.2, -0.15) is 0 Å². The molecule has 2 atom stereocenters. The first-order valence-corrected chi connectivity index (χ1v) is 27.6. The molecule has 0 saturated carbocycles. The second-order valence-electron chi connectivity index (χ2n) is 18.9. The monoisotopic (exact) mass is 874 g/mol. The van der Waals surface area contributed by atoms with Gasteiger partial charge in [-0.3, -0.25) is 9.59 Å². The standard InChI is InChI=1S/C56H107NO5/c1-3-5-7-9-11-13-15-17-18-19-23-26-30-34-38-42-46-50-56(61)62-51-47-43-39-35-31-27-24-21-20-22-25-29-33-37-41-45-49-55(60)57-53(52-58)54(59)48-44-40-36-32-28-16-14-12-10-8-6-4-2/h17-18,20,22,53-54,58-59H,3-16,19,21,23-52H2,1-2H3,(H,57,60)/b18-17-,22-20-. The van der Waals surface area contributed by atoms with E-state index in [0.29, 0.717) is 25.9 Å². The van der Waals surface area contributed by atoms with Crippen LogP contribution in [0.2, 0.25) is 0 Å². The molecule has 62 heavy (non-hydrogen) atoms. The summed E-state index contributed by atoms with van der Waals surface area (Å²) in [6.45, 7) is 4.92. The van der Waals surface area contributed by atoms with Crippen LogP contribution in [0.3, 0.4) is 0 Å². The van der Waals surface area contributed by atoms with Gasteiger partial charge in [0.1, 0.15) is 0 Å². The lowest BCUT2D eigenvalue weighted by molar-refractivity contribution is -0.143. The Labute approximate surface area is 386 Å². The van der Waals surface area contributed by atoms with Crippen LogP contribution in [-0.4, -0.2) is 47.4 Å². The molecule has 0 aliphatic carbocycles. The van der Waals surface area contributed by atoms with E-state index in [1.54, 1.807) is 0 Å². The highest BCUT2D eigenvalue weighted by Gasteiger charge is 2.20. The SMILES string of the molecule is CCCCCCCC/C=C\CCCCCCCCCC(=O)OCCCCCCCCC/C=C\CCCCCCCC(=O)NC(CO)C(O)CCCCCCCCCCCCCC. The maximum Gasteiger partial charge on any atom is 0.305 e. The van der Waals surface area contributed by atoms with Gasteiger partial charge < -0.3 is 20.3 Å². The van der Waals surface area contributed by atoms with Crippen molar-refractivity contribution in [1.29, 1.82) is 0 Å². The molecular weight excluding hydrogens is 767 g/mol. The molecule has 6 heteroatoms. The van der Waals surface area contributed by atoms with Crippen molar-refractivity contribution in [3.05, 3.63) is 24.3 Å². The van der Waals surface area contributed by atoms with Gasteiger partial charge in [0, 0.05) is 12.8 Å². The molecule has 0 fully saturated rings. The predicted octanol–water partition coefficient (Wildman–Crippen LogP) is 16.7. The number of unbranched alkanes of at least 4 members (excludes halogenated alkanes) is 36. The fourth-order valence-corrected chi connectivity index (χ4v) is 8.45. The fourth-order valence-electron chi connectivity index (χ4n) is 8.45. The second kappa shape index (κ2) is 52.0. The Morgan fingerprint density at radius 1 is 0.435 bits per heavy atom. The van der Waals surface area contributed by atoms with Crippen molar-refractivity contribution in [2.45, 2.75) is 309 Å². The summed E-state index contributed by atoms with van der Waals surface area (Å²) in [4.78, 5) is 24.5. The number of allylic oxidation sites excluding steroid dienone is 4. The molecule has 6 nitrogen and oxygen atoms in total. The molecule has 0 rings (SSSR count). The zero-order valence-corrected chi connectivity index (χ0v) is 41.6. The summed E-state index contributed by atoms with van der Waals surface area (Å²) in [6.07, 6.45) is 61.6. The number of ether oxygens (including phenoxy) is 1. The molecule has 0 aliphatic heterocycles. The highest BCUT2D eigenvalue weighted by atomic mass is 16.5. The van der Waals surface area contributed by atoms with Gasteiger partial charge in [0.05, 0.1) is 25.4 Å². The molecule has 0 radical (unpaired) electrons. The van der Waals surface area contributed by atoms with Crippen molar-refractivity contribution >= 4 is 11.9 Å². The molecule has 0 aromatic carbocycles. The molecule has 0 heterocycles. The van der Waals surface area contributed by atoms with Gasteiger partial charge in [-0.05, 0) is 77.0 Å². The molecule has 1 amide bonds. The summed E-state index contributed by atoms with van der Waals surface area (Å²) in [5.74, 6) is -0.0588. The van der Waals surface area contributed by atoms with Gasteiger partial charge in [-0.25, -0.2) is 0 Å². The van der Waals surface area contributed by atoms with Crippen LogP contribution in [0.25, 0.3) is 0 Å². The van der Waals surface area contributed by atoms with E-state index >= 15 is 0 Å². The summed E-state index contributed by atoms with van der Waals surface area (Å²) in [6, 6.07) is -0.552. The Balaban J connectivity index is 3.45. The number of esters is 1. The molecule has 0 aromatic heterocycles. The first-order valence-electron chi connectivity index (χ1n) is 27.6. The van der Waals surface area contributed by atoms with Crippen LogP contribution in [-0.2, 0) is 14.3 Å². The fraction of sp³-hybridized carbons (Fsp3) is 0.893. The van der Waals surface area contributed by atoms with E-state index in [-0.39, 0.29) is 18.5 Å². The largest absolute Gasteiger partial charge is 0.466 e. The summed E-state index contributed by atoms with van der Waals surface area (Å²) in [5.41, 5.74) is 0. The molecule has 2 unspecified atom stereocenters. The summed E-state index contributed by atoms with van der Waals surface area (Å²) >= 11 is 0. The number of carbonyl (C=O) groups excluding carboxylic acids is 2. The van der Waals surface area contributed by atoms with Crippen LogP contribution in [0.5, 0.6) is 0 Å². The lowest BCUT2D eigenvalue weighted by atomic mass is 10.0. The zero-order valence-electron chi connectivity index (χ0n) is 41.6. The molecular formula is C56H107NO5. The van der Waals surface area contributed by atoms with E-state index in [1.165, 1.54) is 199 Å². The molecule has 0 saturated heterocycles. The average molecular weight is 874 g/mol. The van der Waals surface area contributed by atoms with Crippen molar-refractivity contribution < 1.29 is 24.5 Å². The Bertz CT molecular complexity index is 966. The van der Waals surface area contributed by atoms with E-state index in [9.17, 15) is 19.8 Å². The second-order valence-corrected chi connectivity index (χ2v) is 18.9. The van der Waals surface area contributed by atoms with Crippen molar-refractivity contribution in [2.75, 3.05) is 13.2 Å². The van der Waals surface area contributed by atoms with Crippen molar-refractivity contribution in [3.8, 4) is 0 Å². The first-order chi connectivity index (χ1) is 30.5. The highest BCUT2D eigenvalue weighted by Crippen LogP contribution is 2.16. The van der Waals surface area contributed by atoms with Gasteiger partial charge in [0.25, 0.3) is 0 Å².